The van der Waals surface area contributed by atoms with E-state index >= 15 is 0 Å². The molecule has 2 aromatic carbocycles. The molecule has 2 heterocycles. The summed E-state index contributed by atoms with van der Waals surface area (Å²) in [7, 11) is 0. The molecule has 64 heavy (non-hydrogen) atoms. The van der Waals surface area contributed by atoms with E-state index in [9.17, 15) is 9.59 Å². The molecule has 356 valence electrons. The van der Waals surface area contributed by atoms with Crippen LogP contribution in [0.2, 0.25) is 0 Å². The molecule has 0 aliphatic carbocycles. The highest BCUT2D eigenvalue weighted by Crippen LogP contribution is 2.25. The second kappa shape index (κ2) is 28.8. The third-order valence-corrected chi connectivity index (χ3v) is 13.2. The summed E-state index contributed by atoms with van der Waals surface area (Å²) >= 11 is 0. The highest BCUT2D eigenvalue weighted by Gasteiger charge is 2.25. The zero-order valence-electron chi connectivity index (χ0n) is 41.6. The Bertz CT molecular complexity index is 1750. The number of anilines is 2. The molecule has 0 spiro atoms. The Kier molecular flexibility index (Phi) is 23.7. The molecule has 2 aromatic rings. The predicted octanol–water partition coefficient (Wildman–Crippen LogP) is 10.3. The minimum Gasteiger partial charge on any atom is -0.380 e. The van der Waals surface area contributed by atoms with Crippen molar-refractivity contribution in [3.05, 3.63) is 83.2 Å². The summed E-state index contributed by atoms with van der Waals surface area (Å²) in [4.78, 5) is 43.3. The fraction of sp³-hybridized carbons (Fsp3) is 0.648. The Morgan fingerprint density at radius 3 is 2.17 bits per heavy atom. The summed E-state index contributed by atoms with van der Waals surface area (Å²) in [6, 6.07) is 14.2. The van der Waals surface area contributed by atoms with Crippen molar-refractivity contribution in [2.75, 3.05) is 102 Å². The minimum atomic E-state index is -0.294. The number of ketones is 1. The van der Waals surface area contributed by atoms with Gasteiger partial charge in [-0.25, -0.2) is 0 Å². The predicted molar refractivity (Wildman–Crippen MR) is 272 cm³/mol. The van der Waals surface area contributed by atoms with Gasteiger partial charge in [-0.05, 0) is 146 Å². The summed E-state index contributed by atoms with van der Waals surface area (Å²) in [6.45, 7) is 35.2. The molecule has 0 saturated carbocycles. The molecule has 2 aliphatic rings. The Morgan fingerprint density at radius 2 is 1.55 bits per heavy atom. The van der Waals surface area contributed by atoms with Crippen LogP contribution in [0.15, 0.2) is 71.5 Å². The van der Waals surface area contributed by atoms with Crippen LogP contribution in [0, 0.1) is 5.92 Å². The first kappa shape index (κ1) is 52.6. The van der Waals surface area contributed by atoms with Gasteiger partial charge in [-0.3, -0.25) is 19.5 Å². The Balaban J connectivity index is 1.21. The van der Waals surface area contributed by atoms with E-state index in [1.165, 1.54) is 44.3 Å². The van der Waals surface area contributed by atoms with Crippen molar-refractivity contribution in [1.29, 1.82) is 0 Å². The van der Waals surface area contributed by atoms with Crippen molar-refractivity contribution < 1.29 is 14.3 Å². The van der Waals surface area contributed by atoms with Crippen LogP contribution in [0.25, 0.3) is 0 Å². The third kappa shape index (κ3) is 17.4. The first-order valence-corrected chi connectivity index (χ1v) is 25.3. The van der Waals surface area contributed by atoms with Gasteiger partial charge in [-0.1, -0.05) is 59.6 Å². The maximum Gasteiger partial charge on any atom is 0.251 e. The van der Waals surface area contributed by atoms with E-state index in [1.807, 2.05) is 19.1 Å². The number of piperazine rings is 1. The van der Waals surface area contributed by atoms with Gasteiger partial charge in [0.1, 0.15) is 0 Å². The Labute approximate surface area is 389 Å². The number of allylic oxidation sites excluding steroid dienone is 1. The lowest BCUT2D eigenvalue weighted by Crippen LogP contribution is -2.49. The Hall–Kier alpha value is -3.99. The summed E-state index contributed by atoms with van der Waals surface area (Å²) in [5, 5.41) is 3.25. The van der Waals surface area contributed by atoms with Crippen LogP contribution >= 0.6 is 0 Å². The quantitative estimate of drug-likeness (QED) is 0.0374. The second-order valence-electron chi connectivity index (χ2n) is 18.3. The van der Waals surface area contributed by atoms with E-state index in [4.69, 9.17) is 9.73 Å². The third-order valence-electron chi connectivity index (χ3n) is 13.2. The number of rotatable bonds is 29. The summed E-state index contributed by atoms with van der Waals surface area (Å²) in [5.74, 6) is 0.813. The number of aryl methyl sites for hydroxylation is 1. The number of likely N-dealkylation sites (N-methyl/N-ethyl adjacent to an activating group) is 1. The average Bonchev–Trinajstić information content (AvgIpc) is 3.30. The van der Waals surface area contributed by atoms with Crippen molar-refractivity contribution in [2.45, 2.75) is 132 Å². The number of likely N-dealkylation sites (tertiary alicyclic amines) is 1. The molecule has 10 nitrogen and oxygen atoms in total. The van der Waals surface area contributed by atoms with E-state index in [2.05, 4.69) is 114 Å². The van der Waals surface area contributed by atoms with Crippen molar-refractivity contribution in [1.82, 2.24) is 20.0 Å². The lowest BCUT2D eigenvalue weighted by molar-refractivity contribution is 0.0811. The molecule has 10 heteroatoms. The number of ether oxygens (including phenoxy) is 1. The van der Waals surface area contributed by atoms with E-state index in [1.54, 1.807) is 6.92 Å². The van der Waals surface area contributed by atoms with Crippen LogP contribution < -0.4 is 15.1 Å². The van der Waals surface area contributed by atoms with Crippen molar-refractivity contribution in [2.24, 2.45) is 10.9 Å². The molecule has 0 bridgehead atoms. The van der Waals surface area contributed by atoms with E-state index < -0.39 is 0 Å². The number of hydrogen-bond donors (Lipinski definition) is 1. The van der Waals surface area contributed by atoms with E-state index in [0.717, 1.165) is 157 Å². The molecule has 4 rings (SSSR count). The molecular weight excluding hydrogens is 795 g/mol. The molecule has 0 aromatic heterocycles. The number of Topliss-reactive ketones (excluding diaryl/α,β-unsaturated/α-hetero) is 1. The lowest BCUT2D eigenvalue weighted by atomic mass is 9.96. The van der Waals surface area contributed by atoms with E-state index in [0.29, 0.717) is 12.2 Å². The number of nitrogens with one attached hydrogen (secondary N) is 1. The molecule has 2 fully saturated rings. The molecule has 0 radical (unpaired) electrons. The number of aliphatic imine (C=N–C) groups is 1. The Morgan fingerprint density at radius 1 is 0.844 bits per heavy atom. The molecule has 2 saturated heterocycles. The normalized spacial score (nSPS) is 16.2. The fourth-order valence-corrected chi connectivity index (χ4v) is 9.18. The van der Waals surface area contributed by atoms with E-state index in [-0.39, 0.29) is 17.7 Å². The molecular formula is C54H87N7O3. The zero-order chi connectivity index (χ0) is 46.3. The van der Waals surface area contributed by atoms with Crippen LogP contribution in [-0.2, 0) is 11.2 Å². The number of benzene rings is 2. The maximum absolute atomic E-state index is 13.6. The SMILES string of the molecule is C=C(/C=C(\N=C(C)CCCOCCN1CCC(CN2CCN(c3ccc(CC)c(C(C)=O)c3)CC2)CC1)C(C)NC(=O)c1ccc(N(CCC)CCC)cc1)N(CC)CCCCCC. The lowest BCUT2D eigenvalue weighted by Gasteiger charge is -2.39. The zero-order valence-corrected chi connectivity index (χ0v) is 41.6. The van der Waals surface area contributed by atoms with Gasteiger partial charge in [0.25, 0.3) is 5.91 Å². The van der Waals surface area contributed by atoms with Crippen LogP contribution in [0.4, 0.5) is 11.4 Å². The molecule has 1 N–H and O–H groups in total. The van der Waals surface area contributed by atoms with Crippen LogP contribution in [0.1, 0.15) is 146 Å². The van der Waals surface area contributed by atoms with Gasteiger partial charge in [-0.2, -0.15) is 0 Å². The maximum atomic E-state index is 13.6. The number of unbranched alkanes of at least 4 members (excludes halogenated alkanes) is 3. The highest BCUT2D eigenvalue weighted by molar-refractivity contribution is 5.96. The number of hydrogen-bond acceptors (Lipinski definition) is 9. The van der Waals surface area contributed by atoms with Crippen molar-refractivity contribution >= 4 is 28.8 Å². The van der Waals surface area contributed by atoms with Gasteiger partial charge in [0.2, 0.25) is 0 Å². The van der Waals surface area contributed by atoms with Crippen molar-refractivity contribution in [3.8, 4) is 0 Å². The summed E-state index contributed by atoms with van der Waals surface area (Å²) in [6.07, 6.45) is 14.2. The average molecular weight is 882 g/mol. The van der Waals surface area contributed by atoms with Crippen LogP contribution in [0.3, 0.4) is 0 Å². The van der Waals surface area contributed by atoms with Gasteiger partial charge < -0.3 is 29.7 Å². The molecule has 1 unspecified atom stereocenters. The smallest absolute Gasteiger partial charge is 0.251 e. The first-order valence-electron chi connectivity index (χ1n) is 25.3. The summed E-state index contributed by atoms with van der Waals surface area (Å²) in [5.41, 5.74) is 7.81. The van der Waals surface area contributed by atoms with Gasteiger partial charge in [-0.15, -0.1) is 0 Å². The van der Waals surface area contributed by atoms with Crippen molar-refractivity contribution in [3.63, 3.8) is 0 Å². The number of piperidine rings is 1. The monoisotopic (exact) mass is 882 g/mol. The number of carbonyl (C=O) groups excluding carboxylic acids is 2. The van der Waals surface area contributed by atoms with Gasteiger partial charge in [0, 0.05) is 106 Å². The van der Waals surface area contributed by atoms with Gasteiger partial charge in [0.05, 0.1) is 18.3 Å². The number of nitrogens with zero attached hydrogens (tertiary/aromatic N) is 6. The standard InChI is InChI=1S/C54H87N7O3/c1-10-15-16-17-30-59(14-5)44(7)40-53(45(8)56-54(63)49-21-23-50(24-22-49)60(28-11-2)29-12-3)55-43(6)19-18-38-64-39-37-57-31-26-47(27-32-57)42-58-33-35-61(36-34-58)51-25-20-48(13-4)52(41-51)46(9)62/h20-25,40-41,45,47H,7,10-19,26-39,42H2,1-6,8-9H3,(H,56,63)/b53-40-,55-43?. The highest BCUT2D eigenvalue weighted by atomic mass is 16.5. The topological polar surface area (TPSA) is 84.0 Å². The minimum absolute atomic E-state index is 0.0972. The van der Waals surface area contributed by atoms with Gasteiger partial charge >= 0.3 is 0 Å². The van der Waals surface area contributed by atoms with Crippen LogP contribution in [0.5, 0.6) is 0 Å². The fourth-order valence-electron chi connectivity index (χ4n) is 9.18. The second-order valence-corrected chi connectivity index (χ2v) is 18.3. The molecule has 2 aliphatic heterocycles. The van der Waals surface area contributed by atoms with Gasteiger partial charge in [0.15, 0.2) is 5.78 Å². The summed E-state index contributed by atoms with van der Waals surface area (Å²) < 4.78 is 6.16. The number of carbonyl (C=O) groups is 2. The largest absolute Gasteiger partial charge is 0.380 e. The molecule has 1 atom stereocenters. The first-order chi connectivity index (χ1) is 31.0. The molecule has 1 amide bonds. The number of amides is 1. The van der Waals surface area contributed by atoms with Crippen LogP contribution in [-0.4, -0.2) is 130 Å².